The average Bonchev–Trinajstić information content (AvgIpc) is 2.46. The van der Waals surface area contributed by atoms with E-state index in [1.165, 1.54) is 0 Å². The fourth-order valence-electron chi connectivity index (χ4n) is 1.18. The van der Waals surface area contributed by atoms with Gasteiger partial charge in [-0.2, -0.15) is 0 Å². The molecule has 15 heavy (non-hydrogen) atoms. The molecule has 0 N–H and O–H groups in total. The molecule has 1 unspecified atom stereocenters. The maximum atomic E-state index is 11.2. The largest absolute Gasteiger partial charge is 0.458 e. The molecular formula is C10H14O5. The summed E-state index contributed by atoms with van der Waals surface area (Å²) in [5.74, 6) is -0.867. The molecule has 1 saturated heterocycles. The number of cyclic esters (lactones) is 1. The van der Waals surface area contributed by atoms with E-state index in [1.807, 2.05) is 0 Å². The summed E-state index contributed by atoms with van der Waals surface area (Å²) in [5.41, 5.74) is 0.401. The van der Waals surface area contributed by atoms with Crippen molar-refractivity contribution in [3.8, 4) is 0 Å². The van der Waals surface area contributed by atoms with Gasteiger partial charge in [0, 0.05) is 18.6 Å². The van der Waals surface area contributed by atoms with Crippen LogP contribution < -0.4 is 0 Å². The summed E-state index contributed by atoms with van der Waals surface area (Å²) in [6.45, 7) is 5.75. The third kappa shape index (κ3) is 3.71. The Morgan fingerprint density at radius 1 is 1.67 bits per heavy atom. The fraction of sp³-hybridized carbons (Fsp3) is 0.600. The van der Waals surface area contributed by atoms with Crippen molar-refractivity contribution in [2.24, 2.45) is 0 Å². The highest BCUT2D eigenvalue weighted by atomic mass is 16.7. The van der Waals surface area contributed by atoms with Crippen molar-refractivity contribution >= 4 is 11.9 Å². The molecule has 84 valence electrons. The second kappa shape index (κ2) is 5.50. The molecule has 0 bridgehead atoms. The number of carbonyl (C=O) groups excluding carboxylic acids is 2. The smallest absolute Gasteiger partial charge is 0.333 e. The van der Waals surface area contributed by atoms with Gasteiger partial charge in [0.25, 0.3) is 0 Å². The van der Waals surface area contributed by atoms with E-state index in [-0.39, 0.29) is 13.2 Å². The van der Waals surface area contributed by atoms with Crippen molar-refractivity contribution in [3.05, 3.63) is 12.2 Å². The quantitative estimate of drug-likeness (QED) is 0.293. The molecule has 1 rings (SSSR count). The predicted octanol–water partition coefficient (Wildman–Crippen LogP) is 0.785. The molecular weight excluding hydrogens is 200 g/mol. The predicted molar refractivity (Wildman–Crippen MR) is 50.8 cm³/mol. The van der Waals surface area contributed by atoms with E-state index in [9.17, 15) is 9.59 Å². The van der Waals surface area contributed by atoms with Gasteiger partial charge in [0.15, 0.2) is 6.79 Å². The first kappa shape index (κ1) is 11.7. The molecule has 0 amide bonds. The Hall–Kier alpha value is -1.36. The molecule has 0 radical (unpaired) electrons. The molecule has 0 spiro atoms. The molecule has 0 aliphatic carbocycles. The van der Waals surface area contributed by atoms with Gasteiger partial charge in [-0.05, 0) is 6.92 Å². The second-order valence-corrected chi connectivity index (χ2v) is 3.17. The summed E-state index contributed by atoms with van der Waals surface area (Å²) >= 11 is 0. The Morgan fingerprint density at radius 3 is 2.93 bits per heavy atom. The number of esters is 2. The minimum Gasteiger partial charge on any atom is -0.458 e. The van der Waals surface area contributed by atoms with Crippen LogP contribution in [-0.2, 0) is 23.8 Å². The van der Waals surface area contributed by atoms with E-state index in [0.717, 1.165) is 0 Å². The molecule has 1 atom stereocenters. The normalized spacial score (nSPS) is 20.2. The van der Waals surface area contributed by atoms with E-state index < -0.39 is 18.0 Å². The lowest BCUT2D eigenvalue weighted by Crippen LogP contribution is -2.16. The molecule has 0 aromatic rings. The summed E-state index contributed by atoms with van der Waals surface area (Å²) in [4.78, 5) is 22.1. The first-order valence-electron chi connectivity index (χ1n) is 4.75. The van der Waals surface area contributed by atoms with Gasteiger partial charge in [-0.1, -0.05) is 6.58 Å². The van der Waals surface area contributed by atoms with Crippen molar-refractivity contribution in [1.82, 2.24) is 0 Å². The van der Waals surface area contributed by atoms with E-state index in [2.05, 4.69) is 6.58 Å². The third-order valence-corrected chi connectivity index (χ3v) is 1.94. The van der Waals surface area contributed by atoms with Crippen molar-refractivity contribution < 1.29 is 23.8 Å². The van der Waals surface area contributed by atoms with Crippen LogP contribution in [0.4, 0.5) is 0 Å². The summed E-state index contributed by atoms with van der Waals surface area (Å²) in [6, 6.07) is 0. The monoisotopic (exact) mass is 214 g/mol. The van der Waals surface area contributed by atoms with Crippen LogP contribution in [0, 0.1) is 0 Å². The van der Waals surface area contributed by atoms with Crippen molar-refractivity contribution in [2.45, 2.75) is 25.9 Å². The van der Waals surface area contributed by atoms with Crippen LogP contribution in [0.25, 0.3) is 0 Å². The summed E-state index contributed by atoms with van der Waals surface area (Å²) < 4.78 is 14.4. The van der Waals surface area contributed by atoms with Gasteiger partial charge in [-0.25, -0.2) is 4.79 Å². The van der Waals surface area contributed by atoms with Gasteiger partial charge in [-0.3, -0.25) is 4.79 Å². The Labute approximate surface area is 88.0 Å². The topological polar surface area (TPSA) is 61.8 Å². The van der Waals surface area contributed by atoms with Crippen LogP contribution in [0.15, 0.2) is 12.2 Å². The lowest BCUT2D eigenvalue weighted by molar-refractivity contribution is -0.159. The SMILES string of the molecule is C=C1CC(CC(=O)OCOCC)OC1=O. The van der Waals surface area contributed by atoms with Crippen LogP contribution in [0.3, 0.4) is 0 Å². The van der Waals surface area contributed by atoms with Gasteiger partial charge >= 0.3 is 11.9 Å². The number of ether oxygens (including phenoxy) is 3. The first-order chi connectivity index (χ1) is 7.13. The van der Waals surface area contributed by atoms with Crippen LogP contribution in [0.1, 0.15) is 19.8 Å². The number of hydrogen-bond donors (Lipinski definition) is 0. The van der Waals surface area contributed by atoms with E-state index in [1.54, 1.807) is 6.92 Å². The fourth-order valence-corrected chi connectivity index (χ4v) is 1.18. The minimum atomic E-state index is -0.434. The van der Waals surface area contributed by atoms with E-state index in [4.69, 9.17) is 14.2 Å². The van der Waals surface area contributed by atoms with Crippen LogP contribution in [0.5, 0.6) is 0 Å². The summed E-state index contributed by atoms with van der Waals surface area (Å²) in [6.07, 6.45) is 0.0135. The molecule has 1 aliphatic heterocycles. The Kier molecular flexibility index (Phi) is 4.30. The Bertz CT molecular complexity index is 255. The average molecular weight is 214 g/mol. The van der Waals surface area contributed by atoms with E-state index >= 15 is 0 Å². The Balaban J connectivity index is 2.21. The highest BCUT2D eigenvalue weighted by Gasteiger charge is 2.29. The molecule has 5 nitrogen and oxygen atoms in total. The van der Waals surface area contributed by atoms with Gasteiger partial charge in [0.05, 0.1) is 6.42 Å². The lowest BCUT2D eigenvalue weighted by Gasteiger charge is -2.08. The van der Waals surface area contributed by atoms with Gasteiger partial charge in [0.2, 0.25) is 0 Å². The van der Waals surface area contributed by atoms with Gasteiger partial charge < -0.3 is 14.2 Å². The maximum Gasteiger partial charge on any atom is 0.333 e. The summed E-state index contributed by atoms with van der Waals surface area (Å²) in [5, 5.41) is 0. The molecule has 0 saturated carbocycles. The van der Waals surface area contributed by atoms with E-state index in [0.29, 0.717) is 18.6 Å². The molecule has 1 fully saturated rings. The third-order valence-electron chi connectivity index (χ3n) is 1.94. The highest BCUT2D eigenvalue weighted by molar-refractivity contribution is 5.90. The highest BCUT2D eigenvalue weighted by Crippen LogP contribution is 2.21. The van der Waals surface area contributed by atoms with Gasteiger partial charge in [0.1, 0.15) is 6.10 Å². The molecule has 5 heteroatoms. The first-order valence-corrected chi connectivity index (χ1v) is 4.75. The van der Waals surface area contributed by atoms with Crippen molar-refractivity contribution in [2.75, 3.05) is 13.4 Å². The molecule has 1 heterocycles. The van der Waals surface area contributed by atoms with Crippen molar-refractivity contribution in [3.63, 3.8) is 0 Å². The number of carbonyl (C=O) groups is 2. The van der Waals surface area contributed by atoms with Crippen LogP contribution in [0.2, 0.25) is 0 Å². The zero-order valence-electron chi connectivity index (χ0n) is 8.65. The minimum absolute atomic E-state index is 0.0534. The molecule has 1 aliphatic rings. The maximum absolute atomic E-state index is 11.2. The Morgan fingerprint density at radius 2 is 2.40 bits per heavy atom. The molecule has 0 aromatic carbocycles. The zero-order chi connectivity index (χ0) is 11.3. The van der Waals surface area contributed by atoms with Crippen LogP contribution >= 0.6 is 0 Å². The summed E-state index contributed by atoms with van der Waals surface area (Å²) in [7, 11) is 0. The zero-order valence-corrected chi connectivity index (χ0v) is 8.65. The van der Waals surface area contributed by atoms with Gasteiger partial charge in [-0.15, -0.1) is 0 Å². The molecule has 0 aromatic heterocycles. The number of rotatable bonds is 5. The number of hydrogen-bond acceptors (Lipinski definition) is 5. The second-order valence-electron chi connectivity index (χ2n) is 3.17. The standard InChI is InChI=1S/C10H14O5/c1-3-13-6-14-9(11)5-8-4-7(2)10(12)15-8/h8H,2-6H2,1H3. The lowest BCUT2D eigenvalue weighted by atomic mass is 10.1. The van der Waals surface area contributed by atoms with Crippen molar-refractivity contribution in [1.29, 1.82) is 0 Å². The van der Waals surface area contributed by atoms with Crippen LogP contribution in [-0.4, -0.2) is 31.4 Å².